The third kappa shape index (κ3) is 5.81. The Kier molecular flexibility index (Phi) is 6.15. The molecule has 3 aromatic carbocycles. The van der Waals surface area contributed by atoms with E-state index in [1.807, 2.05) is 30.3 Å². The molecule has 0 atom stereocenters. The average Bonchev–Trinajstić information content (AvgIpc) is 2.68. The SMILES string of the molecule is Nc1cc(N)cc(Oc2ccc(OCOC(=O)/C=C\c3ccccc3)cc2)c1. The minimum absolute atomic E-state index is 0.191. The fraction of sp³-hybridized carbons (Fsp3) is 0.0455. The largest absolute Gasteiger partial charge is 0.457 e. The fourth-order valence-electron chi connectivity index (χ4n) is 2.38. The number of hydrogen-bond donors (Lipinski definition) is 2. The van der Waals surface area contributed by atoms with Crippen LogP contribution in [0, 0.1) is 0 Å². The van der Waals surface area contributed by atoms with Gasteiger partial charge in [0, 0.05) is 29.6 Å². The molecular weight excluding hydrogens is 356 g/mol. The van der Waals surface area contributed by atoms with Gasteiger partial charge in [0.25, 0.3) is 0 Å². The molecule has 0 saturated heterocycles. The summed E-state index contributed by atoms with van der Waals surface area (Å²) in [4.78, 5) is 11.7. The molecule has 0 unspecified atom stereocenters. The minimum Gasteiger partial charge on any atom is -0.457 e. The van der Waals surface area contributed by atoms with Gasteiger partial charge in [0.2, 0.25) is 6.79 Å². The van der Waals surface area contributed by atoms with Gasteiger partial charge in [0.05, 0.1) is 0 Å². The summed E-state index contributed by atoms with van der Waals surface area (Å²) in [7, 11) is 0. The lowest BCUT2D eigenvalue weighted by Crippen LogP contribution is -2.07. The molecule has 6 heteroatoms. The van der Waals surface area contributed by atoms with Gasteiger partial charge in [-0.25, -0.2) is 4.79 Å². The summed E-state index contributed by atoms with van der Waals surface area (Å²) in [6.07, 6.45) is 3.03. The molecule has 0 amide bonds. The molecular formula is C22H20N2O4. The maximum Gasteiger partial charge on any atom is 0.333 e. The Bertz CT molecular complexity index is 934. The number of esters is 1. The number of hydrogen-bond acceptors (Lipinski definition) is 6. The molecule has 0 aliphatic carbocycles. The highest BCUT2D eigenvalue weighted by atomic mass is 16.7. The molecule has 0 heterocycles. The lowest BCUT2D eigenvalue weighted by Gasteiger charge is -2.09. The molecule has 0 spiro atoms. The highest BCUT2D eigenvalue weighted by Crippen LogP contribution is 2.27. The zero-order valence-electron chi connectivity index (χ0n) is 15.1. The average molecular weight is 376 g/mol. The standard InChI is InChI=1S/C22H20N2O4/c23-17-12-18(24)14-21(13-17)28-20-9-7-19(8-10-20)26-15-27-22(25)11-6-16-4-2-1-3-5-16/h1-14H,15,23-24H2/b11-6-. The molecule has 142 valence electrons. The highest BCUT2D eigenvalue weighted by Gasteiger charge is 2.02. The first-order valence-corrected chi connectivity index (χ1v) is 8.55. The molecule has 28 heavy (non-hydrogen) atoms. The van der Waals surface area contributed by atoms with Crippen LogP contribution in [0.5, 0.6) is 17.2 Å². The van der Waals surface area contributed by atoms with E-state index in [2.05, 4.69) is 0 Å². The normalized spacial score (nSPS) is 10.6. The number of benzene rings is 3. The second kappa shape index (κ2) is 9.14. The van der Waals surface area contributed by atoms with Gasteiger partial charge in [-0.1, -0.05) is 30.3 Å². The first-order valence-electron chi connectivity index (χ1n) is 8.55. The Morgan fingerprint density at radius 2 is 1.46 bits per heavy atom. The zero-order chi connectivity index (χ0) is 19.8. The fourth-order valence-corrected chi connectivity index (χ4v) is 2.38. The maximum atomic E-state index is 11.7. The number of carbonyl (C=O) groups is 1. The van der Waals surface area contributed by atoms with Crippen molar-refractivity contribution >= 4 is 23.4 Å². The number of ether oxygens (including phenoxy) is 3. The summed E-state index contributed by atoms with van der Waals surface area (Å²) in [5.41, 5.74) is 13.5. The van der Waals surface area contributed by atoms with Crippen molar-refractivity contribution in [1.82, 2.24) is 0 Å². The number of anilines is 2. The summed E-state index contributed by atoms with van der Waals surface area (Å²) in [6, 6.07) is 21.4. The van der Waals surface area contributed by atoms with Crippen molar-refractivity contribution in [2.75, 3.05) is 18.3 Å². The number of carbonyl (C=O) groups excluding carboxylic acids is 1. The minimum atomic E-state index is -0.483. The van der Waals surface area contributed by atoms with Crippen LogP contribution in [0.4, 0.5) is 11.4 Å². The van der Waals surface area contributed by atoms with E-state index in [9.17, 15) is 4.79 Å². The van der Waals surface area contributed by atoms with Gasteiger partial charge in [0.15, 0.2) is 0 Å². The smallest absolute Gasteiger partial charge is 0.333 e. The lowest BCUT2D eigenvalue weighted by atomic mass is 10.2. The molecule has 0 saturated carbocycles. The number of nitrogens with two attached hydrogens (primary N) is 2. The maximum absolute atomic E-state index is 11.7. The molecule has 0 bridgehead atoms. The van der Waals surface area contributed by atoms with Crippen LogP contribution in [0.2, 0.25) is 0 Å². The van der Waals surface area contributed by atoms with Crippen molar-refractivity contribution in [3.8, 4) is 17.2 Å². The Morgan fingerprint density at radius 3 is 2.14 bits per heavy atom. The van der Waals surface area contributed by atoms with Crippen LogP contribution in [-0.2, 0) is 9.53 Å². The molecule has 0 radical (unpaired) electrons. The van der Waals surface area contributed by atoms with Gasteiger partial charge in [-0.2, -0.15) is 0 Å². The summed E-state index contributed by atoms with van der Waals surface area (Å²) in [5, 5.41) is 0. The van der Waals surface area contributed by atoms with Crippen LogP contribution in [0.1, 0.15) is 5.56 Å². The summed E-state index contributed by atoms with van der Waals surface area (Å²) in [5.74, 6) is 1.20. The van der Waals surface area contributed by atoms with Crippen LogP contribution < -0.4 is 20.9 Å². The van der Waals surface area contributed by atoms with E-state index < -0.39 is 5.97 Å². The zero-order valence-corrected chi connectivity index (χ0v) is 15.1. The molecule has 0 aliphatic heterocycles. The van der Waals surface area contributed by atoms with Crippen LogP contribution in [0.15, 0.2) is 78.9 Å². The van der Waals surface area contributed by atoms with Crippen molar-refractivity contribution in [2.45, 2.75) is 0 Å². The topological polar surface area (TPSA) is 96.8 Å². The van der Waals surface area contributed by atoms with Gasteiger partial charge in [-0.15, -0.1) is 0 Å². The van der Waals surface area contributed by atoms with Crippen LogP contribution in [0.3, 0.4) is 0 Å². The van der Waals surface area contributed by atoms with Crippen molar-refractivity contribution in [1.29, 1.82) is 0 Å². The van der Waals surface area contributed by atoms with Gasteiger partial charge in [0.1, 0.15) is 17.2 Å². The van der Waals surface area contributed by atoms with Crippen LogP contribution in [-0.4, -0.2) is 12.8 Å². The van der Waals surface area contributed by atoms with E-state index in [1.54, 1.807) is 48.5 Å². The predicted molar refractivity (Wildman–Crippen MR) is 109 cm³/mol. The molecule has 0 fully saturated rings. The molecule has 4 N–H and O–H groups in total. The summed E-state index contributed by atoms with van der Waals surface area (Å²) < 4.78 is 16.1. The van der Waals surface area contributed by atoms with E-state index in [-0.39, 0.29) is 6.79 Å². The van der Waals surface area contributed by atoms with Crippen LogP contribution >= 0.6 is 0 Å². The lowest BCUT2D eigenvalue weighted by molar-refractivity contribution is -0.144. The quantitative estimate of drug-likeness (QED) is 0.277. The summed E-state index contributed by atoms with van der Waals surface area (Å²) in [6.45, 7) is -0.191. The third-order valence-corrected chi connectivity index (χ3v) is 3.65. The number of nitrogen functional groups attached to an aromatic ring is 2. The first kappa shape index (κ1) is 18.8. The summed E-state index contributed by atoms with van der Waals surface area (Å²) >= 11 is 0. The van der Waals surface area contributed by atoms with E-state index in [0.717, 1.165) is 5.56 Å². The Hall–Kier alpha value is -3.93. The van der Waals surface area contributed by atoms with Crippen molar-refractivity contribution in [2.24, 2.45) is 0 Å². The van der Waals surface area contributed by atoms with Gasteiger partial charge in [-0.3, -0.25) is 0 Å². The Balaban J connectivity index is 1.46. The van der Waals surface area contributed by atoms with Crippen molar-refractivity contribution < 1.29 is 19.0 Å². The third-order valence-electron chi connectivity index (χ3n) is 3.65. The second-order valence-electron chi connectivity index (χ2n) is 5.88. The molecule has 0 aromatic heterocycles. The van der Waals surface area contributed by atoms with Gasteiger partial charge in [-0.05, 0) is 42.0 Å². The Labute approximate surface area is 162 Å². The molecule has 6 nitrogen and oxygen atoms in total. The molecule has 3 aromatic rings. The van der Waals surface area contributed by atoms with Gasteiger partial charge < -0.3 is 25.7 Å². The van der Waals surface area contributed by atoms with E-state index in [1.165, 1.54) is 6.08 Å². The van der Waals surface area contributed by atoms with E-state index in [4.69, 9.17) is 25.7 Å². The molecule has 0 aliphatic rings. The Morgan fingerprint density at radius 1 is 0.821 bits per heavy atom. The molecule has 3 rings (SSSR count). The second-order valence-corrected chi connectivity index (χ2v) is 5.88. The van der Waals surface area contributed by atoms with Gasteiger partial charge >= 0.3 is 5.97 Å². The van der Waals surface area contributed by atoms with Crippen molar-refractivity contribution in [3.63, 3.8) is 0 Å². The van der Waals surface area contributed by atoms with Crippen molar-refractivity contribution in [3.05, 3.63) is 84.4 Å². The highest BCUT2D eigenvalue weighted by molar-refractivity contribution is 5.86. The van der Waals surface area contributed by atoms with Crippen LogP contribution in [0.25, 0.3) is 6.08 Å². The first-order chi connectivity index (χ1) is 13.6. The van der Waals surface area contributed by atoms with E-state index in [0.29, 0.717) is 28.6 Å². The monoisotopic (exact) mass is 376 g/mol. The predicted octanol–water partition coefficient (Wildman–Crippen LogP) is 4.24. The van der Waals surface area contributed by atoms with E-state index >= 15 is 0 Å². The number of rotatable bonds is 7.